The number of rotatable bonds is 9. The second-order valence-corrected chi connectivity index (χ2v) is 8.35. The van der Waals surface area contributed by atoms with E-state index in [1.54, 1.807) is 0 Å². The summed E-state index contributed by atoms with van der Waals surface area (Å²) < 4.78 is 0. The van der Waals surface area contributed by atoms with E-state index >= 15 is 0 Å². The zero-order chi connectivity index (χ0) is 22.7. The molecular weight excluding hydrogens is 412 g/mol. The number of aliphatic hydroxyl groups excluding tert-OH is 2. The number of hydrogen-bond acceptors (Lipinski definition) is 6. The van der Waals surface area contributed by atoms with E-state index in [0.29, 0.717) is 5.92 Å². The summed E-state index contributed by atoms with van der Waals surface area (Å²) in [6, 6.07) is 8.23. The van der Waals surface area contributed by atoms with Gasteiger partial charge in [-0.05, 0) is 49.4 Å². The summed E-state index contributed by atoms with van der Waals surface area (Å²) in [4.78, 5) is 22.1. The number of carbonyl (C=O) groups is 2. The molecule has 0 aromatic heterocycles. The topological polar surface area (TPSA) is 130 Å². The van der Waals surface area contributed by atoms with Crippen LogP contribution in [0.1, 0.15) is 32.3 Å². The number of carboxylic acid groups (broad SMARTS) is 2. The third-order valence-corrected chi connectivity index (χ3v) is 5.12. The minimum absolute atomic E-state index is 0.694. The van der Waals surface area contributed by atoms with Crippen LogP contribution >= 0.6 is 11.6 Å². The Kier molecular flexibility index (Phi) is 11.9. The van der Waals surface area contributed by atoms with Gasteiger partial charge in [0, 0.05) is 24.7 Å². The minimum atomic E-state index is -2.27. The Balaban J connectivity index is 0.000000382. The quantitative estimate of drug-likeness (QED) is 0.389. The Labute approximate surface area is 182 Å². The molecule has 1 fully saturated rings. The maximum Gasteiger partial charge on any atom is 0.335 e. The SMILES string of the molecule is CC(C)CN(Cc1ccccc1Cl)CC1CCNCC1.O=C(O)C(O)C(O)C(=O)O. The average Bonchev–Trinajstić information content (AvgIpc) is 2.69. The van der Waals surface area contributed by atoms with E-state index in [1.807, 2.05) is 12.1 Å². The summed E-state index contributed by atoms with van der Waals surface area (Å²) >= 11 is 6.31. The van der Waals surface area contributed by atoms with Crippen molar-refractivity contribution in [2.75, 3.05) is 26.2 Å². The van der Waals surface area contributed by atoms with Crippen LogP contribution in [0.5, 0.6) is 0 Å². The van der Waals surface area contributed by atoms with Gasteiger partial charge in [-0.25, -0.2) is 9.59 Å². The first-order valence-electron chi connectivity index (χ1n) is 10.1. The van der Waals surface area contributed by atoms with Gasteiger partial charge < -0.3 is 25.7 Å². The van der Waals surface area contributed by atoms with Crippen LogP contribution in [-0.4, -0.2) is 75.7 Å². The molecule has 0 bridgehead atoms. The lowest BCUT2D eigenvalue weighted by atomic mass is 9.97. The molecule has 1 saturated heterocycles. The fourth-order valence-electron chi connectivity index (χ4n) is 3.29. The molecule has 1 aromatic rings. The summed E-state index contributed by atoms with van der Waals surface area (Å²) in [6.45, 7) is 10.3. The first-order valence-corrected chi connectivity index (χ1v) is 10.5. The molecule has 0 amide bonds. The molecule has 0 spiro atoms. The van der Waals surface area contributed by atoms with E-state index in [2.05, 4.69) is 36.2 Å². The van der Waals surface area contributed by atoms with Crippen LogP contribution in [0.2, 0.25) is 5.02 Å². The smallest absolute Gasteiger partial charge is 0.335 e. The third-order valence-electron chi connectivity index (χ3n) is 4.76. The van der Waals surface area contributed by atoms with Crippen LogP contribution in [0.15, 0.2) is 24.3 Å². The molecule has 1 heterocycles. The fourth-order valence-corrected chi connectivity index (χ4v) is 3.48. The van der Waals surface area contributed by atoms with Crippen LogP contribution in [0.3, 0.4) is 0 Å². The predicted molar refractivity (Wildman–Crippen MR) is 114 cm³/mol. The molecule has 8 nitrogen and oxygen atoms in total. The maximum absolute atomic E-state index is 9.77. The lowest BCUT2D eigenvalue weighted by Crippen LogP contribution is -2.39. The van der Waals surface area contributed by atoms with E-state index in [4.69, 9.17) is 32.0 Å². The van der Waals surface area contributed by atoms with Crippen LogP contribution in [-0.2, 0) is 16.1 Å². The van der Waals surface area contributed by atoms with Gasteiger partial charge in [-0.1, -0.05) is 43.6 Å². The normalized spacial score (nSPS) is 16.6. The number of aliphatic hydroxyl groups is 2. The number of piperidine rings is 1. The predicted octanol–water partition coefficient (Wildman–Crippen LogP) is 1.67. The highest BCUT2D eigenvalue weighted by molar-refractivity contribution is 6.31. The van der Waals surface area contributed by atoms with Gasteiger partial charge in [0.15, 0.2) is 12.2 Å². The standard InChI is InChI=1S/C17H27ClN2.C4H6O6/c1-14(2)11-20(12-15-7-9-19-10-8-15)13-16-5-3-4-6-17(16)18;5-1(3(7)8)2(6)4(9)10/h3-6,14-15,19H,7-13H2,1-2H3;1-2,5-6H,(H,7,8)(H,9,10). The number of benzene rings is 1. The second-order valence-electron chi connectivity index (χ2n) is 7.94. The molecule has 0 radical (unpaired) electrons. The van der Waals surface area contributed by atoms with Gasteiger partial charge in [0.2, 0.25) is 0 Å². The van der Waals surface area contributed by atoms with Crippen molar-refractivity contribution in [2.45, 2.75) is 45.4 Å². The van der Waals surface area contributed by atoms with Crippen LogP contribution < -0.4 is 5.32 Å². The second kappa shape index (κ2) is 13.6. The van der Waals surface area contributed by atoms with Gasteiger partial charge in [0.05, 0.1) is 0 Å². The molecule has 5 N–H and O–H groups in total. The fraction of sp³-hybridized carbons (Fsp3) is 0.619. The Morgan fingerprint density at radius 3 is 2.10 bits per heavy atom. The molecule has 1 aromatic carbocycles. The maximum atomic E-state index is 9.77. The van der Waals surface area contributed by atoms with Crippen LogP contribution in [0, 0.1) is 11.8 Å². The molecule has 30 heavy (non-hydrogen) atoms. The minimum Gasteiger partial charge on any atom is -0.479 e. The highest BCUT2D eigenvalue weighted by atomic mass is 35.5. The molecule has 2 unspecified atom stereocenters. The van der Waals surface area contributed by atoms with E-state index < -0.39 is 24.1 Å². The highest BCUT2D eigenvalue weighted by Crippen LogP contribution is 2.20. The van der Waals surface area contributed by atoms with E-state index in [-0.39, 0.29) is 0 Å². The number of aliphatic carboxylic acids is 2. The largest absolute Gasteiger partial charge is 0.479 e. The average molecular weight is 445 g/mol. The molecule has 0 aliphatic carbocycles. The van der Waals surface area contributed by atoms with E-state index in [1.165, 1.54) is 38.0 Å². The molecular formula is C21H33ClN2O6. The van der Waals surface area contributed by atoms with Crippen molar-refractivity contribution in [1.82, 2.24) is 10.2 Å². The molecule has 9 heteroatoms. The summed E-state index contributed by atoms with van der Waals surface area (Å²) in [7, 11) is 0. The number of hydrogen-bond donors (Lipinski definition) is 5. The summed E-state index contributed by atoms with van der Waals surface area (Å²) in [6.07, 6.45) is -1.93. The number of carboxylic acids is 2. The summed E-state index contributed by atoms with van der Waals surface area (Å²) in [5, 5.41) is 36.9. The third kappa shape index (κ3) is 9.86. The van der Waals surface area contributed by atoms with Crippen molar-refractivity contribution in [2.24, 2.45) is 11.8 Å². The molecule has 2 rings (SSSR count). The van der Waals surface area contributed by atoms with Gasteiger partial charge in [-0.15, -0.1) is 0 Å². The summed E-state index contributed by atoms with van der Waals surface area (Å²) in [5.74, 6) is -2.01. The Morgan fingerprint density at radius 1 is 1.10 bits per heavy atom. The van der Waals surface area contributed by atoms with E-state index in [9.17, 15) is 9.59 Å². The summed E-state index contributed by atoms with van der Waals surface area (Å²) in [5.41, 5.74) is 1.25. The Bertz CT molecular complexity index is 649. The zero-order valence-electron chi connectivity index (χ0n) is 17.5. The number of nitrogens with zero attached hydrogens (tertiary/aromatic N) is 1. The number of nitrogens with one attached hydrogen (secondary N) is 1. The lowest BCUT2D eigenvalue weighted by molar-refractivity contribution is -0.165. The molecule has 170 valence electrons. The first kappa shape index (κ1) is 26.3. The Morgan fingerprint density at radius 2 is 1.63 bits per heavy atom. The van der Waals surface area contributed by atoms with Gasteiger partial charge in [-0.3, -0.25) is 4.90 Å². The van der Waals surface area contributed by atoms with Crippen molar-refractivity contribution in [3.05, 3.63) is 34.9 Å². The highest BCUT2D eigenvalue weighted by Gasteiger charge is 2.29. The molecule has 1 aliphatic rings. The first-order chi connectivity index (χ1) is 14.1. The monoisotopic (exact) mass is 444 g/mol. The van der Waals surface area contributed by atoms with Crippen molar-refractivity contribution < 1.29 is 30.0 Å². The number of halogens is 1. The van der Waals surface area contributed by atoms with Gasteiger partial charge in [0.25, 0.3) is 0 Å². The van der Waals surface area contributed by atoms with Crippen molar-refractivity contribution in [3.63, 3.8) is 0 Å². The Hall–Kier alpha value is -1.71. The van der Waals surface area contributed by atoms with Crippen molar-refractivity contribution in [1.29, 1.82) is 0 Å². The van der Waals surface area contributed by atoms with Gasteiger partial charge in [-0.2, -0.15) is 0 Å². The molecule has 2 atom stereocenters. The molecule has 0 saturated carbocycles. The van der Waals surface area contributed by atoms with Gasteiger partial charge in [0.1, 0.15) is 0 Å². The van der Waals surface area contributed by atoms with Crippen molar-refractivity contribution >= 4 is 23.5 Å². The molecule has 1 aliphatic heterocycles. The van der Waals surface area contributed by atoms with Crippen molar-refractivity contribution in [3.8, 4) is 0 Å². The van der Waals surface area contributed by atoms with Crippen LogP contribution in [0.25, 0.3) is 0 Å². The van der Waals surface area contributed by atoms with Crippen LogP contribution in [0.4, 0.5) is 0 Å². The lowest BCUT2D eigenvalue weighted by Gasteiger charge is -2.31. The van der Waals surface area contributed by atoms with E-state index in [0.717, 1.165) is 24.0 Å². The van der Waals surface area contributed by atoms with Gasteiger partial charge >= 0.3 is 11.9 Å². The zero-order valence-corrected chi connectivity index (χ0v) is 18.3.